The van der Waals surface area contributed by atoms with Crippen LogP contribution < -0.4 is 5.32 Å². The van der Waals surface area contributed by atoms with Gasteiger partial charge in [-0.2, -0.15) is 0 Å². The Morgan fingerprint density at radius 2 is 2.07 bits per heavy atom. The average molecular weight is 376 g/mol. The van der Waals surface area contributed by atoms with E-state index in [2.05, 4.69) is 22.6 Å². The molecule has 1 spiro atoms. The van der Waals surface area contributed by atoms with Crippen molar-refractivity contribution < 1.29 is 9.53 Å². The monoisotopic (exact) mass is 375 g/mol. The first-order valence-electron chi connectivity index (χ1n) is 10.7. The van der Waals surface area contributed by atoms with E-state index in [1.54, 1.807) is 0 Å². The maximum atomic E-state index is 13.1. The zero-order valence-electron chi connectivity index (χ0n) is 16.7. The molecule has 3 fully saturated rings. The van der Waals surface area contributed by atoms with Crippen LogP contribution in [0, 0.1) is 5.41 Å². The molecule has 2 heterocycles. The molecule has 27 heavy (non-hydrogen) atoms. The van der Waals surface area contributed by atoms with Crippen LogP contribution in [0.5, 0.6) is 0 Å². The second-order valence-electron chi connectivity index (χ2n) is 8.47. The van der Waals surface area contributed by atoms with Crippen LogP contribution in [0.3, 0.4) is 0 Å². The van der Waals surface area contributed by atoms with Crippen LogP contribution in [0.25, 0.3) is 0 Å². The van der Waals surface area contributed by atoms with Gasteiger partial charge < -0.3 is 15.0 Å². The van der Waals surface area contributed by atoms with E-state index in [0.29, 0.717) is 17.8 Å². The third kappa shape index (κ3) is 3.40. The lowest BCUT2D eigenvalue weighted by Gasteiger charge is -2.60. The van der Waals surface area contributed by atoms with E-state index in [0.717, 1.165) is 39.0 Å². The van der Waals surface area contributed by atoms with Gasteiger partial charge in [-0.1, -0.05) is 24.5 Å². The molecule has 1 aromatic rings. The van der Waals surface area contributed by atoms with Crippen molar-refractivity contribution in [2.75, 3.05) is 26.7 Å². The van der Waals surface area contributed by atoms with Crippen molar-refractivity contribution in [2.45, 2.75) is 76.5 Å². The van der Waals surface area contributed by atoms with Crippen LogP contribution in [-0.2, 0) is 4.74 Å². The van der Waals surface area contributed by atoms with Gasteiger partial charge in [0.05, 0.1) is 18.3 Å². The number of amides is 1. The topological polar surface area (TPSA) is 72.3 Å². The van der Waals surface area contributed by atoms with E-state index in [1.807, 2.05) is 22.8 Å². The van der Waals surface area contributed by atoms with E-state index in [-0.39, 0.29) is 17.4 Å². The van der Waals surface area contributed by atoms with E-state index in [9.17, 15) is 4.79 Å². The van der Waals surface area contributed by atoms with Crippen molar-refractivity contribution in [1.29, 1.82) is 0 Å². The van der Waals surface area contributed by atoms with Crippen LogP contribution in [-0.4, -0.2) is 64.7 Å². The SMILES string of the molecule is CCO[C@H]1C[C@H](N(C)C(=O)c2cn(C3CCNCC3)nn2)C12CCCCC2. The van der Waals surface area contributed by atoms with Crippen LogP contribution >= 0.6 is 0 Å². The second-order valence-corrected chi connectivity index (χ2v) is 8.47. The van der Waals surface area contributed by atoms with Crippen molar-refractivity contribution in [2.24, 2.45) is 5.41 Å². The molecule has 0 unspecified atom stereocenters. The summed E-state index contributed by atoms with van der Waals surface area (Å²) in [6, 6.07) is 0.604. The molecule has 1 aliphatic heterocycles. The molecule has 0 bridgehead atoms. The smallest absolute Gasteiger partial charge is 0.276 e. The molecule has 0 aromatic carbocycles. The highest BCUT2D eigenvalue weighted by Gasteiger charge is 2.58. The molecule has 1 N–H and O–H groups in total. The molecule has 1 saturated heterocycles. The molecule has 4 rings (SSSR count). The highest BCUT2D eigenvalue weighted by Crippen LogP contribution is 2.55. The average Bonchev–Trinajstić information content (AvgIpc) is 3.21. The molecule has 1 amide bonds. The van der Waals surface area contributed by atoms with Gasteiger partial charge in [-0.05, 0) is 52.1 Å². The number of carbonyl (C=O) groups excluding carboxylic acids is 1. The predicted octanol–water partition coefficient (Wildman–Crippen LogP) is 2.40. The first-order chi connectivity index (χ1) is 13.2. The normalized spacial score (nSPS) is 28.1. The Morgan fingerprint density at radius 1 is 1.33 bits per heavy atom. The number of nitrogens with zero attached hydrogens (tertiary/aromatic N) is 4. The highest BCUT2D eigenvalue weighted by atomic mass is 16.5. The van der Waals surface area contributed by atoms with Gasteiger partial charge in [-0.3, -0.25) is 4.79 Å². The van der Waals surface area contributed by atoms with Gasteiger partial charge >= 0.3 is 0 Å². The van der Waals surface area contributed by atoms with Gasteiger partial charge in [-0.15, -0.1) is 5.10 Å². The van der Waals surface area contributed by atoms with Crippen molar-refractivity contribution in [3.63, 3.8) is 0 Å². The Bertz CT molecular complexity index is 649. The Morgan fingerprint density at radius 3 is 2.78 bits per heavy atom. The molecule has 150 valence electrons. The van der Waals surface area contributed by atoms with Crippen LogP contribution in [0.1, 0.15) is 74.8 Å². The van der Waals surface area contributed by atoms with E-state index in [1.165, 1.54) is 32.1 Å². The molecular weight excluding hydrogens is 342 g/mol. The molecular formula is C20H33N5O2. The first-order valence-corrected chi connectivity index (χ1v) is 10.7. The van der Waals surface area contributed by atoms with E-state index < -0.39 is 0 Å². The van der Waals surface area contributed by atoms with Crippen LogP contribution in [0.4, 0.5) is 0 Å². The summed E-state index contributed by atoms with van der Waals surface area (Å²) in [5.41, 5.74) is 0.617. The zero-order chi connectivity index (χ0) is 18.9. The summed E-state index contributed by atoms with van der Waals surface area (Å²) in [6.07, 6.45) is 11.3. The van der Waals surface area contributed by atoms with Crippen LogP contribution in [0.2, 0.25) is 0 Å². The van der Waals surface area contributed by atoms with E-state index in [4.69, 9.17) is 4.74 Å². The van der Waals surface area contributed by atoms with Crippen molar-refractivity contribution in [3.05, 3.63) is 11.9 Å². The van der Waals surface area contributed by atoms with Gasteiger partial charge in [0.2, 0.25) is 0 Å². The number of rotatable bonds is 5. The Kier molecular flexibility index (Phi) is 5.50. The molecule has 7 heteroatoms. The van der Waals surface area contributed by atoms with Crippen LogP contribution in [0.15, 0.2) is 6.20 Å². The van der Waals surface area contributed by atoms with Gasteiger partial charge in [0.25, 0.3) is 5.91 Å². The lowest BCUT2D eigenvalue weighted by Crippen LogP contribution is -2.65. The number of piperidine rings is 1. The molecule has 0 radical (unpaired) electrons. The quantitative estimate of drug-likeness (QED) is 0.856. The summed E-state index contributed by atoms with van der Waals surface area (Å²) in [7, 11) is 1.94. The lowest BCUT2D eigenvalue weighted by atomic mass is 9.54. The fourth-order valence-corrected chi connectivity index (χ4v) is 5.52. The second kappa shape index (κ2) is 7.87. The van der Waals surface area contributed by atoms with Crippen molar-refractivity contribution in [1.82, 2.24) is 25.2 Å². The molecule has 2 atom stereocenters. The van der Waals surface area contributed by atoms with Gasteiger partial charge in [-0.25, -0.2) is 4.68 Å². The zero-order valence-corrected chi connectivity index (χ0v) is 16.7. The Labute approximate surface area is 161 Å². The molecule has 3 aliphatic rings. The summed E-state index contributed by atoms with van der Waals surface area (Å²) in [5, 5.41) is 11.8. The third-order valence-corrected chi connectivity index (χ3v) is 7.09. The number of carbonyl (C=O) groups is 1. The minimum absolute atomic E-state index is 0.0000753. The Balaban J connectivity index is 1.46. The number of ether oxygens (including phenoxy) is 1. The largest absolute Gasteiger partial charge is 0.378 e. The summed E-state index contributed by atoms with van der Waals surface area (Å²) in [6.45, 7) is 4.81. The minimum Gasteiger partial charge on any atom is -0.378 e. The Hall–Kier alpha value is -1.47. The molecule has 1 aromatic heterocycles. The van der Waals surface area contributed by atoms with Gasteiger partial charge in [0, 0.05) is 25.1 Å². The predicted molar refractivity (Wildman–Crippen MR) is 103 cm³/mol. The summed E-state index contributed by atoms with van der Waals surface area (Å²) < 4.78 is 7.94. The van der Waals surface area contributed by atoms with Gasteiger partial charge in [0.1, 0.15) is 0 Å². The number of hydrogen-bond donors (Lipinski definition) is 1. The standard InChI is InChI=1S/C20H33N5O2/c1-3-27-18-13-17(20(18)9-5-4-6-10-20)24(2)19(26)16-14-25(23-22-16)15-7-11-21-12-8-15/h14-15,17-18,21H,3-13H2,1-2H3/t17-,18-/m0/s1. The summed E-state index contributed by atoms with van der Waals surface area (Å²) >= 11 is 0. The minimum atomic E-state index is 0.0000753. The number of hydrogen-bond acceptors (Lipinski definition) is 5. The summed E-state index contributed by atoms with van der Waals surface area (Å²) in [4.78, 5) is 15.1. The van der Waals surface area contributed by atoms with E-state index >= 15 is 0 Å². The fourth-order valence-electron chi connectivity index (χ4n) is 5.52. The van der Waals surface area contributed by atoms with Crippen molar-refractivity contribution in [3.8, 4) is 0 Å². The fraction of sp³-hybridized carbons (Fsp3) is 0.850. The number of nitrogens with one attached hydrogen (secondary N) is 1. The highest BCUT2D eigenvalue weighted by molar-refractivity contribution is 5.92. The third-order valence-electron chi connectivity index (χ3n) is 7.09. The first kappa shape index (κ1) is 18.9. The molecule has 2 saturated carbocycles. The molecule has 7 nitrogen and oxygen atoms in total. The maximum Gasteiger partial charge on any atom is 0.276 e. The maximum absolute atomic E-state index is 13.1. The molecule has 2 aliphatic carbocycles. The number of aromatic nitrogens is 3. The van der Waals surface area contributed by atoms with Crippen molar-refractivity contribution >= 4 is 5.91 Å². The lowest BCUT2D eigenvalue weighted by molar-refractivity contribution is -0.170. The van der Waals surface area contributed by atoms with Gasteiger partial charge in [0.15, 0.2) is 5.69 Å². The summed E-state index contributed by atoms with van der Waals surface area (Å²) in [5.74, 6) is 0.0000753.